The van der Waals surface area contributed by atoms with Crippen LogP contribution in [0.5, 0.6) is 0 Å². The Morgan fingerprint density at radius 1 is 1.23 bits per heavy atom. The fourth-order valence-electron chi connectivity index (χ4n) is 3.71. The lowest BCUT2D eigenvalue weighted by Crippen LogP contribution is -2.51. The van der Waals surface area contributed by atoms with Crippen LogP contribution in [0.3, 0.4) is 0 Å². The third kappa shape index (κ3) is 3.69. The molecule has 1 aromatic heterocycles. The maximum atomic E-state index is 12.2. The lowest BCUT2D eigenvalue weighted by Gasteiger charge is -2.33. The fourth-order valence-corrected chi connectivity index (χ4v) is 3.71. The predicted molar refractivity (Wildman–Crippen MR) is 84.7 cm³/mol. The Morgan fingerprint density at radius 2 is 1.91 bits per heavy atom. The Balaban J connectivity index is 1.54. The van der Waals surface area contributed by atoms with E-state index in [0.717, 1.165) is 44.4 Å². The zero-order chi connectivity index (χ0) is 15.4. The lowest BCUT2D eigenvalue weighted by atomic mass is 9.82. The molecule has 5 heteroatoms. The number of hydrogen-bond acceptors (Lipinski definition) is 4. The normalized spacial score (nSPS) is 22.4. The first-order valence-electron chi connectivity index (χ1n) is 8.69. The van der Waals surface area contributed by atoms with Gasteiger partial charge in [0.2, 0.25) is 0 Å². The predicted octanol–water partition coefficient (Wildman–Crippen LogP) is 3.11. The average Bonchev–Trinajstić information content (AvgIpc) is 3.04. The summed E-state index contributed by atoms with van der Waals surface area (Å²) in [5.41, 5.74) is 6.49. The standard InChI is InChI=1S/C17H27N3O2/c18-17(9-5-2-6-10-17)12-19-15(21)14-11-22-16(20-14)13-7-3-1-4-8-13/h11,13H,1-10,12,18H2,(H,19,21). The number of rotatable bonds is 4. The van der Waals surface area contributed by atoms with Gasteiger partial charge in [0.1, 0.15) is 6.26 Å². The van der Waals surface area contributed by atoms with E-state index in [9.17, 15) is 4.79 Å². The molecule has 0 radical (unpaired) electrons. The van der Waals surface area contributed by atoms with Gasteiger partial charge < -0.3 is 15.5 Å². The number of nitrogens with two attached hydrogens (primary N) is 1. The van der Waals surface area contributed by atoms with Crippen LogP contribution in [0.25, 0.3) is 0 Å². The second-order valence-corrected chi connectivity index (χ2v) is 7.01. The number of carbonyl (C=O) groups excluding carboxylic acids is 1. The fraction of sp³-hybridized carbons (Fsp3) is 0.765. The highest BCUT2D eigenvalue weighted by molar-refractivity contribution is 5.91. The Kier molecular flexibility index (Phi) is 4.81. The summed E-state index contributed by atoms with van der Waals surface area (Å²) in [6.45, 7) is 0.525. The van der Waals surface area contributed by atoms with Crippen LogP contribution in [0.2, 0.25) is 0 Å². The van der Waals surface area contributed by atoms with E-state index in [1.165, 1.54) is 31.9 Å². The molecule has 0 unspecified atom stereocenters. The molecule has 0 bridgehead atoms. The summed E-state index contributed by atoms with van der Waals surface area (Å²) in [5, 5.41) is 2.94. The molecule has 2 aliphatic rings. The maximum Gasteiger partial charge on any atom is 0.273 e. The summed E-state index contributed by atoms with van der Waals surface area (Å²) in [4.78, 5) is 16.6. The van der Waals surface area contributed by atoms with Crippen LogP contribution >= 0.6 is 0 Å². The molecule has 2 saturated carbocycles. The molecule has 2 aliphatic carbocycles. The number of aromatic nitrogens is 1. The molecule has 1 heterocycles. The first-order chi connectivity index (χ1) is 10.7. The van der Waals surface area contributed by atoms with E-state index < -0.39 is 0 Å². The van der Waals surface area contributed by atoms with Crippen LogP contribution in [0.4, 0.5) is 0 Å². The Hall–Kier alpha value is -1.36. The van der Waals surface area contributed by atoms with Crippen molar-refractivity contribution in [2.45, 2.75) is 75.7 Å². The molecule has 1 aromatic rings. The molecular weight excluding hydrogens is 278 g/mol. The van der Waals surface area contributed by atoms with Crippen LogP contribution in [-0.2, 0) is 0 Å². The van der Waals surface area contributed by atoms with Gasteiger partial charge in [0.05, 0.1) is 0 Å². The van der Waals surface area contributed by atoms with Crippen LogP contribution in [0, 0.1) is 0 Å². The third-order valence-electron chi connectivity index (χ3n) is 5.16. The minimum Gasteiger partial charge on any atom is -0.448 e. The van der Waals surface area contributed by atoms with Crippen molar-refractivity contribution in [1.82, 2.24) is 10.3 Å². The molecule has 122 valence electrons. The Bertz CT molecular complexity index is 500. The van der Waals surface area contributed by atoms with E-state index in [1.807, 2.05) is 0 Å². The second-order valence-electron chi connectivity index (χ2n) is 7.01. The lowest BCUT2D eigenvalue weighted by molar-refractivity contribution is 0.0932. The van der Waals surface area contributed by atoms with E-state index in [-0.39, 0.29) is 11.4 Å². The molecule has 3 N–H and O–H groups in total. The average molecular weight is 305 g/mol. The van der Waals surface area contributed by atoms with Gasteiger partial charge in [-0.15, -0.1) is 0 Å². The van der Waals surface area contributed by atoms with Gasteiger partial charge in [-0.3, -0.25) is 4.79 Å². The second kappa shape index (κ2) is 6.82. The summed E-state index contributed by atoms with van der Waals surface area (Å²) < 4.78 is 5.54. The van der Waals surface area contributed by atoms with Crippen LogP contribution in [0.1, 0.15) is 86.5 Å². The number of amides is 1. The van der Waals surface area contributed by atoms with Crippen molar-refractivity contribution in [3.8, 4) is 0 Å². The quantitative estimate of drug-likeness (QED) is 0.895. The smallest absolute Gasteiger partial charge is 0.273 e. The van der Waals surface area contributed by atoms with Crippen molar-refractivity contribution in [2.75, 3.05) is 6.54 Å². The van der Waals surface area contributed by atoms with Gasteiger partial charge in [-0.05, 0) is 25.7 Å². The van der Waals surface area contributed by atoms with Crippen molar-refractivity contribution in [1.29, 1.82) is 0 Å². The van der Waals surface area contributed by atoms with Gasteiger partial charge in [0, 0.05) is 18.0 Å². The van der Waals surface area contributed by atoms with Gasteiger partial charge in [-0.2, -0.15) is 0 Å². The number of carbonyl (C=O) groups is 1. The Labute approximate surface area is 132 Å². The molecule has 3 rings (SSSR count). The SMILES string of the molecule is NC1(CNC(=O)c2coc(C3CCCCC3)n2)CCCCC1. The van der Waals surface area contributed by atoms with E-state index >= 15 is 0 Å². The van der Waals surface area contributed by atoms with E-state index in [2.05, 4.69) is 10.3 Å². The molecule has 0 atom stereocenters. The zero-order valence-electron chi connectivity index (χ0n) is 13.3. The summed E-state index contributed by atoms with van der Waals surface area (Å²) >= 11 is 0. The first-order valence-corrected chi connectivity index (χ1v) is 8.69. The highest BCUT2D eigenvalue weighted by Gasteiger charge is 2.28. The van der Waals surface area contributed by atoms with Gasteiger partial charge in [-0.25, -0.2) is 4.98 Å². The molecule has 22 heavy (non-hydrogen) atoms. The molecular formula is C17H27N3O2. The monoisotopic (exact) mass is 305 g/mol. The number of nitrogens with one attached hydrogen (secondary N) is 1. The van der Waals surface area contributed by atoms with E-state index in [1.54, 1.807) is 0 Å². The molecule has 0 aliphatic heterocycles. The van der Waals surface area contributed by atoms with Gasteiger partial charge in [0.25, 0.3) is 5.91 Å². The van der Waals surface area contributed by atoms with E-state index in [4.69, 9.17) is 10.2 Å². The van der Waals surface area contributed by atoms with E-state index in [0.29, 0.717) is 18.2 Å². The highest BCUT2D eigenvalue weighted by Crippen LogP contribution is 2.32. The Morgan fingerprint density at radius 3 is 2.64 bits per heavy atom. The summed E-state index contributed by atoms with van der Waals surface area (Å²) in [6, 6.07) is 0. The first kappa shape index (κ1) is 15.5. The minimum absolute atomic E-state index is 0.166. The topological polar surface area (TPSA) is 81.1 Å². The van der Waals surface area contributed by atoms with Crippen molar-refractivity contribution in [2.24, 2.45) is 5.73 Å². The molecule has 1 amide bonds. The summed E-state index contributed by atoms with van der Waals surface area (Å²) in [6.07, 6.45) is 13.0. The number of hydrogen-bond donors (Lipinski definition) is 2. The van der Waals surface area contributed by atoms with Crippen LogP contribution < -0.4 is 11.1 Å². The van der Waals surface area contributed by atoms with Gasteiger partial charge >= 0.3 is 0 Å². The highest BCUT2D eigenvalue weighted by atomic mass is 16.3. The van der Waals surface area contributed by atoms with Gasteiger partial charge in [-0.1, -0.05) is 38.5 Å². The molecule has 0 aromatic carbocycles. The molecule has 0 saturated heterocycles. The largest absolute Gasteiger partial charge is 0.448 e. The van der Waals surface area contributed by atoms with Gasteiger partial charge in [0.15, 0.2) is 11.6 Å². The minimum atomic E-state index is -0.246. The molecule has 2 fully saturated rings. The van der Waals surface area contributed by atoms with Crippen molar-refractivity contribution in [3.63, 3.8) is 0 Å². The number of oxazole rings is 1. The van der Waals surface area contributed by atoms with Crippen molar-refractivity contribution < 1.29 is 9.21 Å². The molecule has 0 spiro atoms. The number of nitrogens with zero attached hydrogens (tertiary/aromatic N) is 1. The third-order valence-corrected chi connectivity index (χ3v) is 5.16. The zero-order valence-corrected chi connectivity index (χ0v) is 13.3. The van der Waals surface area contributed by atoms with Crippen molar-refractivity contribution >= 4 is 5.91 Å². The van der Waals surface area contributed by atoms with Crippen LogP contribution in [0.15, 0.2) is 10.7 Å². The molecule has 5 nitrogen and oxygen atoms in total. The summed E-state index contributed by atoms with van der Waals surface area (Å²) in [5.74, 6) is 0.945. The van der Waals surface area contributed by atoms with Crippen LogP contribution in [-0.4, -0.2) is 23.0 Å². The summed E-state index contributed by atoms with van der Waals surface area (Å²) in [7, 11) is 0. The maximum absolute atomic E-state index is 12.2. The van der Waals surface area contributed by atoms with Crippen molar-refractivity contribution in [3.05, 3.63) is 17.8 Å².